The minimum atomic E-state index is -0.856. The number of carbonyl (C=O) groups is 3. The summed E-state index contributed by atoms with van der Waals surface area (Å²) in [7, 11) is 0. The fourth-order valence-electron chi connectivity index (χ4n) is 1.07. The Morgan fingerprint density at radius 2 is 2.00 bits per heavy atom. The summed E-state index contributed by atoms with van der Waals surface area (Å²) in [4.78, 5) is 31.7. The third kappa shape index (κ3) is 8.79. The highest BCUT2D eigenvalue weighted by Gasteiger charge is 2.08. The lowest BCUT2D eigenvalue weighted by molar-refractivity contribution is -0.137. The van der Waals surface area contributed by atoms with Gasteiger partial charge >= 0.3 is 12.0 Å². The van der Waals surface area contributed by atoms with Gasteiger partial charge in [-0.25, -0.2) is 4.79 Å². The fraction of sp³-hybridized carbons (Fsp3) is 0.667. The zero-order valence-corrected chi connectivity index (χ0v) is 9.16. The number of hydrogen-bond acceptors (Lipinski definition) is 3. The average Bonchev–Trinajstić information content (AvgIpc) is 2.14. The number of carboxylic acid groups (broad SMARTS) is 1. The first-order chi connectivity index (χ1) is 7.41. The molecule has 0 fully saturated rings. The van der Waals surface area contributed by atoms with Crippen molar-refractivity contribution < 1.29 is 19.5 Å². The maximum Gasteiger partial charge on any atom is 0.315 e. The average molecular weight is 231 g/mol. The highest BCUT2D eigenvalue weighted by Crippen LogP contribution is 1.99. The molecule has 92 valence electrons. The van der Waals surface area contributed by atoms with Gasteiger partial charge in [0, 0.05) is 12.5 Å². The van der Waals surface area contributed by atoms with Gasteiger partial charge in [0.2, 0.25) is 5.91 Å². The molecular formula is C9H17N3O4. The Morgan fingerprint density at radius 1 is 1.38 bits per heavy atom. The van der Waals surface area contributed by atoms with Crippen LogP contribution in [0.5, 0.6) is 0 Å². The molecule has 0 saturated carbocycles. The number of nitrogens with two attached hydrogens (primary N) is 1. The number of amides is 3. The van der Waals surface area contributed by atoms with Crippen LogP contribution in [0, 0.1) is 0 Å². The van der Waals surface area contributed by atoms with Crippen molar-refractivity contribution in [2.24, 2.45) is 5.73 Å². The zero-order chi connectivity index (χ0) is 12.6. The van der Waals surface area contributed by atoms with Gasteiger partial charge in [0.05, 0.1) is 6.54 Å². The number of rotatable bonds is 7. The maximum atomic E-state index is 11.1. The van der Waals surface area contributed by atoms with Crippen LogP contribution >= 0.6 is 0 Å². The summed E-state index contributed by atoms with van der Waals surface area (Å²) in [5, 5.41) is 13.2. The SMILES string of the molecule is CC(CCCC(=O)O)NC(=O)NCC(N)=O. The van der Waals surface area contributed by atoms with Gasteiger partial charge in [0.15, 0.2) is 0 Å². The van der Waals surface area contributed by atoms with E-state index < -0.39 is 17.9 Å². The monoisotopic (exact) mass is 231 g/mol. The molecular weight excluding hydrogens is 214 g/mol. The van der Waals surface area contributed by atoms with Gasteiger partial charge in [-0.15, -0.1) is 0 Å². The predicted octanol–water partition coefficient (Wildman–Crippen LogP) is -0.586. The summed E-state index contributed by atoms with van der Waals surface area (Å²) in [6.07, 6.45) is 1.14. The van der Waals surface area contributed by atoms with Crippen molar-refractivity contribution in [2.75, 3.05) is 6.54 Å². The number of nitrogens with one attached hydrogen (secondary N) is 2. The smallest absolute Gasteiger partial charge is 0.315 e. The highest BCUT2D eigenvalue weighted by atomic mass is 16.4. The Kier molecular flexibility index (Phi) is 6.66. The van der Waals surface area contributed by atoms with Gasteiger partial charge in [0.25, 0.3) is 0 Å². The Morgan fingerprint density at radius 3 is 2.50 bits per heavy atom. The summed E-state index contributed by atoms with van der Waals surface area (Å²) >= 11 is 0. The van der Waals surface area contributed by atoms with Crippen LogP contribution in [-0.4, -0.2) is 35.6 Å². The lowest BCUT2D eigenvalue weighted by Crippen LogP contribution is -2.43. The van der Waals surface area contributed by atoms with Crippen molar-refractivity contribution in [3.8, 4) is 0 Å². The second-order valence-corrected chi connectivity index (χ2v) is 3.48. The van der Waals surface area contributed by atoms with Crippen LogP contribution in [0.3, 0.4) is 0 Å². The Hall–Kier alpha value is -1.79. The second-order valence-electron chi connectivity index (χ2n) is 3.48. The second kappa shape index (κ2) is 7.49. The van der Waals surface area contributed by atoms with Crippen LogP contribution in [0.1, 0.15) is 26.2 Å². The minimum Gasteiger partial charge on any atom is -0.481 e. The predicted molar refractivity (Wildman–Crippen MR) is 56.7 cm³/mol. The number of primary amides is 1. The van der Waals surface area contributed by atoms with E-state index in [-0.39, 0.29) is 19.0 Å². The van der Waals surface area contributed by atoms with E-state index >= 15 is 0 Å². The first kappa shape index (κ1) is 14.2. The van der Waals surface area contributed by atoms with Crippen LogP contribution in [0.15, 0.2) is 0 Å². The molecule has 0 aromatic rings. The first-order valence-electron chi connectivity index (χ1n) is 4.96. The summed E-state index contributed by atoms with van der Waals surface area (Å²) < 4.78 is 0. The zero-order valence-electron chi connectivity index (χ0n) is 9.16. The fourth-order valence-corrected chi connectivity index (χ4v) is 1.07. The summed E-state index contributed by atoms with van der Waals surface area (Å²) in [6, 6.07) is -0.631. The molecule has 0 bridgehead atoms. The van der Waals surface area contributed by atoms with E-state index in [4.69, 9.17) is 10.8 Å². The van der Waals surface area contributed by atoms with Gasteiger partial charge in [-0.05, 0) is 19.8 Å². The maximum absolute atomic E-state index is 11.1. The van der Waals surface area contributed by atoms with Gasteiger partial charge in [-0.2, -0.15) is 0 Å². The third-order valence-corrected chi connectivity index (χ3v) is 1.83. The van der Waals surface area contributed by atoms with E-state index in [2.05, 4.69) is 10.6 Å². The van der Waals surface area contributed by atoms with E-state index in [1.807, 2.05) is 0 Å². The van der Waals surface area contributed by atoms with Gasteiger partial charge in [-0.3, -0.25) is 9.59 Å². The number of aliphatic carboxylic acids is 1. The molecule has 0 aromatic heterocycles. The molecule has 0 spiro atoms. The molecule has 0 rings (SSSR count). The van der Waals surface area contributed by atoms with E-state index in [9.17, 15) is 14.4 Å². The lowest BCUT2D eigenvalue weighted by atomic mass is 10.1. The van der Waals surface area contributed by atoms with Crippen molar-refractivity contribution >= 4 is 17.9 Å². The molecule has 0 aliphatic heterocycles. The highest BCUT2D eigenvalue weighted by molar-refractivity contribution is 5.82. The molecule has 3 amide bonds. The quantitative estimate of drug-likeness (QED) is 0.468. The molecule has 0 aliphatic rings. The summed E-state index contributed by atoms with van der Waals surface area (Å²) in [5.41, 5.74) is 4.84. The normalized spacial score (nSPS) is 11.6. The van der Waals surface area contributed by atoms with Crippen LogP contribution in [0.2, 0.25) is 0 Å². The lowest BCUT2D eigenvalue weighted by Gasteiger charge is -2.13. The number of carboxylic acids is 1. The Bertz CT molecular complexity index is 267. The van der Waals surface area contributed by atoms with Crippen molar-refractivity contribution in [1.82, 2.24) is 10.6 Å². The van der Waals surface area contributed by atoms with E-state index in [1.54, 1.807) is 6.92 Å². The van der Waals surface area contributed by atoms with Crippen molar-refractivity contribution in [3.05, 3.63) is 0 Å². The molecule has 5 N–H and O–H groups in total. The van der Waals surface area contributed by atoms with Gasteiger partial charge in [0.1, 0.15) is 0 Å². The standard InChI is InChI=1S/C9H17N3O4/c1-6(3-2-4-8(14)15)12-9(16)11-5-7(10)13/h6H,2-5H2,1H3,(H2,10,13)(H,14,15)(H2,11,12,16). The first-order valence-corrected chi connectivity index (χ1v) is 4.96. The summed E-state index contributed by atoms with van der Waals surface area (Å²) in [6.45, 7) is 1.54. The molecule has 7 heteroatoms. The molecule has 1 unspecified atom stereocenters. The largest absolute Gasteiger partial charge is 0.481 e. The Labute approximate surface area is 93.4 Å². The summed E-state index contributed by atoms with van der Waals surface area (Å²) in [5.74, 6) is -1.47. The van der Waals surface area contributed by atoms with Crippen molar-refractivity contribution in [3.63, 3.8) is 0 Å². The molecule has 7 nitrogen and oxygen atoms in total. The number of carbonyl (C=O) groups excluding carboxylic acids is 2. The van der Waals surface area contributed by atoms with E-state index in [0.29, 0.717) is 12.8 Å². The van der Waals surface area contributed by atoms with Gasteiger partial charge in [-0.1, -0.05) is 0 Å². The van der Waals surface area contributed by atoms with E-state index in [1.165, 1.54) is 0 Å². The van der Waals surface area contributed by atoms with Crippen LogP contribution in [0.25, 0.3) is 0 Å². The number of urea groups is 1. The molecule has 0 saturated heterocycles. The van der Waals surface area contributed by atoms with Gasteiger partial charge < -0.3 is 21.5 Å². The molecule has 0 aromatic carbocycles. The minimum absolute atomic E-state index is 0.0783. The molecule has 0 aliphatic carbocycles. The van der Waals surface area contributed by atoms with E-state index in [0.717, 1.165) is 0 Å². The number of hydrogen-bond donors (Lipinski definition) is 4. The van der Waals surface area contributed by atoms with Crippen LogP contribution in [-0.2, 0) is 9.59 Å². The molecule has 0 radical (unpaired) electrons. The topological polar surface area (TPSA) is 122 Å². The molecule has 16 heavy (non-hydrogen) atoms. The van der Waals surface area contributed by atoms with Crippen molar-refractivity contribution in [1.29, 1.82) is 0 Å². The third-order valence-electron chi connectivity index (χ3n) is 1.83. The van der Waals surface area contributed by atoms with Crippen LogP contribution < -0.4 is 16.4 Å². The molecule has 0 heterocycles. The van der Waals surface area contributed by atoms with Crippen LogP contribution in [0.4, 0.5) is 4.79 Å². The van der Waals surface area contributed by atoms with Crippen molar-refractivity contribution in [2.45, 2.75) is 32.2 Å². The Balaban J connectivity index is 3.61. The molecule has 1 atom stereocenters.